The second-order valence-electron chi connectivity index (χ2n) is 6.09. The first kappa shape index (κ1) is 17.6. The molecular formula is C13H21N5O4. The van der Waals surface area contributed by atoms with Crippen molar-refractivity contribution < 1.29 is 19.5 Å². The van der Waals surface area contributed by atoms with Gasteiger partial charge in [-0.15, -0.1) is 5.10 Å². The zero-order valence-electron chi connectivity index (χ0n) is 12.9. The van der Waals surface area contributed by atoms with Gasteiger partial charge in [-0.25, -0.2) is 4.68 Å². The van der Waals surface area contributed by atoms with E-state index in [1.165, 1.54) is 6.20 Å². The third-order valence-electron chi connectivity index (χ3n) is 2.49. The summed E-state index contributed by atoms with van der Waals surface area (Å²) >= 11 is 0. The van der Waals surface area contributed by atoms with Crippen LogP contribution in [0.1, 0.15) is 32.9 Å². The predicted octanol–water partition coefficient (Wildman–Crippen LogP) is -0.469. The Morgan fingerprint density at radius 3 is 2.50 bits per heavy atom. The Balaban J connectivity index is 2.30. The standard InChI is InChI=1S/C13H21N5O4/c1-13(2,3)4-10(19)15-6-11(20)14-5-9-7-18(17-16-9)8-12(21)22/h7H,4-6,8H2,1-3H3,(H,14,20)(H,15,19)(H,21,22). The number of amides is 2. The molecule has 0 bridgehead atoms. The van der Waals surface area contributed by atoms with Crippen LogP contribution in [-0.2, 0) is 27.5 Å². The number of hydrogen-bond donors (Lipinski definition) is 3. The lowest BCUT2D eigenvalue weighted by Crippen LogP contribution is -2.37. The first-order valence-corrected chi connectivity index (χ1v) is 6.80. The Morgan fingerprint density at radius 2 is 1.91 bits per heavy atom. The average molecular weight is 311 g/mol. The molecule has 1 aromatic rings. The number of nitrogens with zero attached hydrogens (tertiary/aromatic N) is 3. The van der Waals surface area contributed by atoms with Crippen molar-refractivity contribution in [2.45, 2.75) is 40.3 Å². The largest absolute Gasteiger partial charge is 0.480 e. The van der Waals surface area contributed by atoms with Crippen LogP contribution in [0.2, 0.25) is 0 Å². The van der Waals surface area contributed by atoms with Gasteiger partial charge in [0.1, 0.15) is 12.2 Å². The molecular weight excluding hydrogens is 290 g/mol. The lowest BCUT2D eigenvalue weighted by atomic mass is 9.92. The zero-order chi connectivity index (χ0) is 16.8. The number of carboxylic acid groups (broad SMARTS) is 1. The molecule has 1 rings (SSSR count). The van der Waals surface area contributed by atoms with Gasteiger partial charge in [0.25, 0.3) is 0 Å². The van der Waals surface area contributed by atoms with Crippen LogP contribution in [0.25, 0.3) is 0 Å². The van der Waals surface area contributed by atoms with Gasteiger partial charge in [-0.1, -0.05) is 26.0 Å². The maximum atomic E-state index is 11.6. The molecule has 0 saturated carbocycles. The van der Waals surface area contributed by atoms with Crippen molar-refractivity contribution in [2.24, 2.45) is 5.41 Å². The van der Waals surface area contributed by atoms with E-state index in [0.717, 1.165) is 4.68 Å². The van der Waals surface area contributed by atoms with E-state index >= 15 is 0 Å². The maximum Gasteiger partial charge on any atom is 0.325 e. The molecule has 0 atom stereocenters. The molecule has 0 aliphatic heterocycles. The molecule has 122 valence electrons. The van der Waals surface area contributed by atoms with E-state index in [1.807, 2.05) is 20.8 Å². The third kappa shape index (κ3) is 7.36. The molecule has 0 aliphatic rings. The number of aromatic nitrogens is 3. The molecule has 0 unspecified atom stereocenters. The summed E-state index contributed by atoms with van der Waals surface area (Å²) in [5.41, 5.74) is 0.305. The first-order valence-electron chi connectivity index (χ1n) is 6.80. The summed E-state index contributed by atoms with van der Waals surface area (Å²) in [6.45, 7) is 5.53. The summed E-state index contributed by atoms with van der Waals surface area (Å²) in [4.78, 5) is 33.7. The van der Waals surface area contributed by atoms with Crippen LogP contribution in [0.3, 0.4) is 0 Å². The topological polar surface area (TPSA) is 126 Å². The summed E-state index contributed by atoms with van der Waals surface area (Å²) in [5, 5.41) is 21.0. The lowest BCUT2D eigenvalue weighted by Gasteiger charge is -2.17. The van der Waals surface area contributed by atoms with Gasteiger partial charge in [0.2, 0.25) is 11.8 Å². The highest BCUT2D eigenvalue weighted by molar-refractivity contribution is 5.84. The Labute approximate surface area is 128 Å². The monoisotopic (exact) mass is 311 g/mol. The Bertz CT molecular complexity index is 547. The van der Waals surface area contributed by atoms with Crippen LogP contribution in [0.5, 0.6) is 0 Å². The number of rotatable bonds is 7. The summed E-state index contributed by atoms with van der Waals surface area (Å²) in [6, 6.07) is 0. The van der Waals surface area contributed by atoms with E-state index in [4.69, 9.17) is 5.11 Å². The highest BCUT2D eigenvalue weighted by Crippen LogP contribution is 2.17. The van der Waals surface area contributed by atoms with Crippen molar-refractivity contribution in [1.29, 1.82) is 0 Å². The molecule has 2 amide bonds. The smallest absolute Gasteiger partial charge is 0.325 e. The first-order chi connectivity index (χ1) is 10.2. The van der Waals surface area contributed by atoms with Gasteiger partial charge >= 0.3 is 5.97 Å². The van der Waals surface area contributed by atoms with Gasteiger partial charge in [-0.3, -0.25) is 14.4 Å². The fraction of sp³-hybridized carbons (Fsp3) is 0.615. The number of carbonyl (C=O) groups excluding carboxylic acids is 2. The molecule has 1 aromatic heterocycles. The summed E-state index contributed by atoms with van der Waals surface area (Å²) in [6.07, 6.45) is 1.77. The van der Waals surface area contributed by atoms with Crippen LogP contribution in [0, 0.1) is 5.41 Å². The van der Waals surface area contributed by atoms with Crippen LogP contribution in [-0.4, -0.2) is 44.4 Å². The molecule has 0 aliphatic carbocycles. The minimum Gasteiger partial charge on any atom is -0.480 e. The number of aliphatic carboxylic acids is 1. The Hall–Kier alpha value is -2.45. The fourth-order valence-electron chi connectivity index (χ4n) is 1.61. The minimum atomic E-state index is -1.03. The minimum absolute atomic E-state index is 0.113. The number of hydrogen-bond acceptors (Lipinski definition) is 5. The molecule has 0 aromatic carbocycles. The second kappa shape index (κ2) is 7.53. The van der Waals surface area contributed by atoms with Crippen molar-refractivity contribution in [1.82, 2.24) is 25.6 Å². The average Bonchev–Trinajstić information content (AvgIpc) is 2.78. The molecule has 1 heterocycles. The SMILES string of the molecule is CC(C)(C)CC(=O)NCC(=O)NCc1cn(CC(=O)O)nn1. The molecule has 0 fully saturated rings. The summed E-state index contributed by atoms with van der Waals surface area (Å²) in [7, 11) is 0. The van der Waals surface area contributed by atoms with Gasteiger partial charge in [-0.05, 0) is 5.41 Å². The highest BCUT2D eigenvalue weighted by atomic mass is 16.4. The van der Waals surface area contributed by atoms with E-state index in [2.05, 4.69) is 20.9 Å². The van der Waals surface area contributed by atoms with Gasteiger partial charge < -0.3 is 15.7 Å². The highest BCUT2D eigenvalue weighted by Gasteiger charge is 2.16. The Kier molecular flexibility index (Phi) is 6.02. The molecule has 9 heteroatoms. The molecule has 0 saturated heterocycles. The Morgan fingerprint density at radius 1 is 1.23 bits per heavy atom. The van der Waals surface area contributed by atoms with E-state index in [9.17, 15) is 14.4 Å². The number of carbonyl (C=O) groups is 3. The molecule has 3 N–H and O–H groups in total. The van der Waals surface area contributed by atoms with Gasteiger partial charge in [-0.2, -0.15) is 0 Å². The maximum absolute atomic E-state index is 11.6. The van der Waals surface area contributed by atoms with Gasteiger partial charge in [0, 0.05) is 6.42 Å². The predicted molar refractivity (Wildman–Crippen MR) is 76.6 cm³/mol. The quantitative estimate of drug-likeness (QED) is 0.625. The zero-order valence-corrected chi connectivity index (χ0v) is 12.9. The summed E-state index contributed by atoms with van der Waals surface area (Å²) in [5.74, 6) is -1.56. The molecule has 22 heavy (non-hydrogen) atoms. The molecule has 0 spiro atoms. The van der Waals surface area contributed by atoms with Crippen molar-refractivity contribution in [3.63, 3.8) is 0 Å². The molecule has 9 nitrogen and oxygen atoms in total. The van der Waals surface area contributed by atoms with Crippen molar-refractivity contribution in [3.8, 4) is 0 Å². The van der Waals surface area contributed by atoms with E-state index < -0.39 is 5.97 Å². The number of carboxylic acids is 1. The van der Waals surface area contributed by atoms with Crippen LogP contribution < -0.4 is 10.6 Å². The molecule has 0 radical (unpaired) electrons. The second-order valence-corrected chi connectivity index (χ2v) is 6.09. The van der Waals surface area contributed by atoms with Crippen molar-refractivity contribution in [2.75, 3.05) is 6.54 Å². The number of nitrogens with one attached hydrogen (secondary N) is 2. The van der Waals surface area contributed by atoms with Crippen LogP contribution >= 0.6 is 0 Å². The third-order valence-corrected chi connectivity index (χ3v) is 2.49. The van der Waals surface area contributed by atoms with E-state index in [0.29, 0.717) is 12.1 Å². The van der Waals surface area contributed by atoms with E-state index in [1.54, 1.807) is 0 Å². The van der Waals surface area contributed by atoms with E-state index in [-0.39, 0.29) is 36.9 Å². The summed E-state index contributed by atoms with van der Waals surface area (Å²) < 4.78 is 1.16. The van der Waals surface area contributed by atoms with Crippen LogP contribution in [0.4, 0.5) is 0 Å². The van der Waals surface area contributed by atoms with Crippen LogP contribution in [0.15, 0.2) is 6.20 Å². The van der Waals surface area contributed by atoms with Crippen molar-refractivity contribution >= 4 is 17.8 Å². The van der Waals surface area contributed by atoms with Gasteiger partial charge in [0.15, 0.2) is 0 Å². The normalized spacial score (nSPS) is 11.0. The lowest BCUT2D eigenvalue weighted by molar-refractivity contribution is -0.138. The van der Waals surface area contributed by atoms with Gasteiger partial charge in [0.05, 0.1) is 19.3 Å². The van der Waals surface area contributed by atoms with Crippen molar-refractivity contribution in [3.05, 3.63) is 11.9 Å². The fourth-order valence-corrected chi connectivity index (χ4v) is 1.61.